The molecule has 0 N–H and O–H groups in total. The number of hydrogen-bond acceptors (Lipinski definition) is 2. The number of benzene rings is 2. The Kier molecular flexibility index (Phi) is 9.86. The maximum absolute atomic E-state index is 9.86. The maximum Gasteiger partial charge on any atom is 0.119 e. The van der Waals surface area contributed by atoms with Gasteiger partial charge in [0.15, 0.2) is 0 Å². The SMILES string of the molecule is CCCCCCCOc1ccc(-c2ccc([C@H]3CC[C@@](C#N)(C[C@H](C)CC)CC3)cc2)cc1. The molecule has 0 unspecified atom stereocenters. The van der Waals surface area contributed by atoms with E-state index in [0.717, 1.165) is 50.9 Å². The topological polar surface area (TPSA) is 33.0 Å². The summed E-state index contributed by atoms with van der Waals surface area (Å²) in [5, 5.41) is 9.86. The lowest BCUT2D eigenvalue weighted by atomic mass is 9.66. The van der Waals surface area contributed by atoms with Crippen molar-refractivity contribution in [2.45, 2.75) is 97.3 Å². The number of ether oxygens (including phenoxy) is 1. The highest BCUT2D eigenvalue weighted by Crippen LogP contribution is 2.46. The zero-order chi connectivity index (χ0) is 23.5. The van der Waals surface area contributed by atoms with Gasteiger partial charge >= 0.3 is 0 Å². The summed E-state index contributed by atoms with van der Waals surface area (Å²) in [6.45, 7) is 7.58. The molecule has 2 nitrogen and oxygen atoms in total. The van der Waals surface area contributed by atoms with Crippen molar-refractivity contribution in [3.05, 3.63) is 54.1 Å². The van der Waals surface area contributed by atoms with Crippen LogP contribution in [0.5, 0.6) is 5.75 Å². The van der Waals surface area contributed by atoms with Gasteiger partial charge in [-0.1, -0.05) is 89.3 Å². The van der Waals surface area contributed by atoms with Crippen molar-refractivity contribution in [3.8, 4) is 22.9 Å². The van der Waals surface area contributed by atoms with E-state index in [2.05, 4.69) is 75.4 Å². The van der Waals surface area contributed by atoms with Gasteiger partial charge in [0.25, 0.3) is 0 Å². The first-order chi connectivity index (χ1) is 16.1. The van der Waals surface area contributed by atoms with E-state index in [1.165, 1.54) is 48.8 Å². The quantitative estimate of drug-likeness (QED) is 0.305. The Morgan fingerprint density at radius 2 is 1.52 bits per heavy atom. The molecule has 0 aromatic heterocycles. The second-order valence-electron chi connectivity index (χ2n) is 10.3. The molecule has 3 rings (SSSR count). The molecule has 178 valence electrons. The molecule has 1 aliphatic rings. The molecule has 2 heteroatoms. The summed E-state index contributed by atoms with van der Waals surface area (Å²) in [5.74, 6) is 2.19. The lowest BCUT2D eigenvalue weighted by Gasteiger charge is -2.36. The molecular formula is C31H43NO. The number of nitriles is 1. The van der Waals surface area contributed by atoms with E-state index in [4.69, 9.17) is 4.74 Å². The van der Waals surface area contributed by atoms with Crippen molar-refractivity contribution in [1.29, 1.82) is 5.26 Å². The number of nitrogens with zero attached hydrogens (tertiary/aromatic N) is 1. The number of unbranched alkanes of at least 4 members (excludes halogenated alkanes) is 4. The standard InChI is InChI=1S/C31H43NO/c1-4-6-7-8-9-22-33-30-16-14-28(15-17-30)26-10-12-27(13-11-26)29-18-20-31(24-32,21-19-29)23-25(3)5-2/h10-17,25,29H,4-9,18-23H2,1-3H3/t25-,29-,31-/m1/s1. The largest absolute Gasteiger partial charge is 0.494 e. The van der Waals surface area contributed by atoms with Crippen LogP contribution in [0.15, 0.2) is 48.5 Å². The highest BCUT2D eigenvalue weighted by Gasteiger charge is 2.36. The van der Waals surface area contributed by atoms with Gasteiger partial charge in [0.1, 0.15) is 5.75 Å². The molecule has 2 aromatic rings. The van der Waals surface area contributed by atoms with Crippen molar-refractivity contribution in [3.63, 3.8) is 0 Å². The van der Waals surface area contributed by atoms with Crippen LogP contribution in [-0.2, 0) is 0 Å². The van der Waals surface area contributed by atoms with Crippen LogP contribution in [0.4, 0.5) is 0 Å². The van der Waals surface area contributed by atoms with Gasteiger partial charge in [-0.25, -0.2) is 0 Å². The third-order valence-electron chi connectivity index (χ3n) is 7.70. The predicted molar refractivity (Wildman–Crippen MR) is 139 cm³/mol. The molecule has 0 heterocycles. The van der Waals surface area contributed by atoms with Crippen LogP contribution in [0.25, 0.3) is 11.1 Å². The van der Waals surface area contributed by atoms with Crippen LogP contribution in [0, 0.1) is 22.7 Å². The fraction of sp³-hybridized carbons (Fsp3) is 0.581. The van der Waals surface area contributed by atoms with E-state index in [-0.39, 0.29) is 5.41 Å². The second-order valence-corrected chi connectivity index (χ2v) is 10.3. The van der Waals surface area contributed by atoms with Crippen molar-refractivity contribution in [2.24, 2.45) is 11.3 Å². The molecule has 0 spiro atoms. The molecule has 0 radical (unpaired) electrons. The van der Waals surface area contributed by atoms with E-state index in [1.807, 2.05) is 0 Å². The van der Waals surface area contributed by atoms with Crippen LogP contribution < -0.4 is 4.74 Å². The van der Waals surface area contributed by atoms with Crippen LogP contribution in [0.3, 0.4) is 0 Å². The molecule has 0 amide bonds. The zero-order valence-corrected chi connectivity index (χ0v) is 21.1. The van der Waals surface area contributed by atoms with Gasteiger partial charge in [0.2, 0.25) is 0 Å². The molecule has 1 aliphatic carbocycles. The lowest BCUT2D eigenvalue weighted by molar-refractivity contribution is 0.198. The van der Waals surface area contributed by atoms with Gasteiger partial charge in [-0.3, -0.25) is 0 Å². The number of rotatable bonds is 12. The van der Waals surface area contributed by atoms with Crippen molar-refractivity contribution in [1.82, 2.24) is 0 Å². The minimum atomic E-state index is -0.0921. The predicted octanol–water partition coefficient (Wildman–Crippen LogP) is 9.31. The summed E-state index contributed by atoms with van der Waals surface area (Å²) in [7, 11) is 0. The molecule has 0 aliphatic heterocycles. The molecule has 0 saturated heterocycles. The Morgan fingerprint density at radius 1 is 0.909 bits per heavy atom. The second kappa shape index (κ2) is 12.8. The Balaban J connectivity index is 1.51. The van der Waals surface area contributed by atoms with Crippen LogP contribution in [0.2, 0.25) is 0 Å². The molecule has 33 heavy (non-hydrogen) atoms. The number of hydrogen-bond donors (Lipinski definition) is 0. The van der Waals surface area contributed by atoms with Crippen LogP contribution >= 0.6 is 0 Å². The molecule has 1 fully saturated rings. The molecule has 1 saturated carbocycles. The highest BCUT2D eigenvalue weighted by atomic mass is 16.5. The third-order valence-corrected chi connectivity index (χ3v) is 7.70. The smallest absolute Gasteiger partial charge is 0.119 e. The summed E-state index contributed by atoms with van der Waals surface area (Å²) in [4.78, 5) is 0. The Hall–Kier alpha value is -2.27. The van der Waals surface area contributed by atoms with Gasteiger partial charge in [0, 0.05) is 0 Å². The van der Waals surface area contributed by atoms with Crippen molar-refractivity contribution in [2.75, 3.05) is 6.61 Å². The summed E-state index contributed by atoms with van der Waals surface area (Å²) in [6.07, 6.45) is 12.9. The normalized spacial score (nSPS) is 21.3. The summed E-state index contributed by atoms with van der Waals surface area (Å²) in [5.41, 5.74) is 3.82. The first kappa shape index (κ1) is 25.4. The van der Waals surface area contributed by atoms with Crippen molar-refractivity contribution < 1.29 is 4.74 Å². The third kappa shape index (κ3) is 7.36. The first-order valence-electron chi connectivity index (χ1n) is 13.3. The first-order valence-corrected chi connectivity index (χ1v) is 13.3. The van der Waals surface area contributed by atoms with Gasteiger partial charge in [-0.15, -0.1) is 0 Å². The van der Waals surface area contributed by atoms with Crippen LogP contribution in [0.1, 0.15) is 103 Å². The van der Waals surface area contributed by atoms with Gasteiger partial charge in [-0.05, 0) is 79.2 Å². The monoisotopic (exact) mass is 445 g/mol. The minimum Gasteiger partial charge on any atom is -0.494 e. The maximum atomic E-state index is 9.86. The summed E-state index contributed by atoms with van der Waals surface area (Å²) >= 11 is 0. The van der Waals surface area contributed by atoms with E-state index < -0.39 is 0 Å². The minimum absolute atomic E-state index is 0.0921. The zero-order valence-electron chi connectivity index (χ0n) is 21.1. The van der Waals surface area contributed by atoms with Crippen molar-refractivity contribution >= 4 is 0 Å². The van der Waals surface area contributed by atoms with Gasteiger partial charge in [-0.2, -0.15) is 5.26 Å². The summed E-state index contributed by atoms with van der Waals surface area (Å²) in [6, 6.07) is 20.3. The molecule has 2 aromatic carbocycles. The highest BCUT2D eigenvalue weighted by molar-refractivity contribution is 5.64. The Bertz CT molecular complexity index is 853. The van der Waals surface area contributed by atoms with E-state index in [0.29, 0.717) is 11.8 Å². The fourth-order valence-corrected chi connectivity index (χ4v) is 5.26. The fourth-order valence-electron chi connectivity index (χ4n) is 5.26. The molecular weight excluding hydrogens is 402 g/mol. The van der Waals surface area contributed by atoms with Gasteiger partial charge in [0.05, 0.1) is 18.1 Å². The van der Waals surface area contributed by atoms with E-state index in [1.54, 1.807) is 0 Å². The molecule has 1 atom stereocenters. The summed E-state index contributed by atoms with van der Waals surface area (Å²) < 4.78 is 5.91. The van der Waals surface area contributed by atoms with E-state index >= 15 is 0 Å². The van der Waals surface area contributed by atoms with Crippen LogP contribution in [-0.4, -0.2) is 6.61 Å². The average molecular weight is 446 g/mol. The lowest BCUT2D eigenvalue weighted by Crippen LogP contribution is -2.27. The Morgan fingerprint density at radius 3 is 2.09 bits per heavy atom. The Labute approximate surface area is 202 Å². The van der Waals surface area contributed by atoms with E-state index in [9.17, 15) is 5.26 Å². The average Bonchev–Trinajstić information content (AvgIpc) is 2.87. The molecule has 0 bridgehead atoms. The van der Waals surface area contributed by atoms with Gasteiger partial charge < -0.3 is 4.74 Å².